The average molecular weight is 349 g/mol. The Bertz CT molecular complexity index is 794. The van der Waals surface area contributed by atoms with E-state index in [9.17, 15) is 13.2 Å². The monoisotopic (exact) mass is 349 g/mol. The highest BCUT2D eigenvalue weighted by molar-refractivity contribution is 7.88. The third-order valence-electron chi connectivity index (χ3n) is 3.22. The normalized spacial score (nSPS) is 11.3. The number of carbonyl (C=O) groups excluding carboxylic acids is 1. The third-order valence-corrected chi connectivity index (χ3v) is 4.42. The van der Waals surface area contributed by atoms with E-state index in [4.69, 9.17) is 4.74 Å². The minimum atomic E-state index is -3.54. The van der Waals surface area contributed by atoms with Gasteiger partial charge in [-0.05, 0) is 23.8 Å². The van der Waals surface area contributed by atoms with Crippen LogP contribution in [0.25, 0.3) is 0 Å². The number of hydrogen-bond donors (Lipinski definition) is 1. The van der Waals surface area contributed by atoms with Crippen LogP contribution in [-0.4, -0.2) is 43.5 Å². The van der Waals surface area contributed by atoms with E-state index < -0.39 is 15.9 Å². The molecule has 128 valence electrons. The summed E-state index contributed by atoms with van der Waals surface area (Å²) in [4.78, 5) is 16.1. The summed E-state index contributed by atoms with van der Waals surface area (Å²) in [7, 11) is -2.02. The highest BCUT2D eigenvalue weighted by Gasteiger charge is 2.20. The molecule has 0 aliphatic carbocycles. The summed E-state index contributed by atoms with van der Waals surface area (Å²) in [5.74, 6) is 0.167. The lowest BCUT2D eigenvalue weighted by atomic mass is 10.3. The molecule has 0 aliphatic heterocycles. The predicted octanol–water partition coefficient (Wildman–Crippen LogP) is 1.49. The minimum absolute atomic E-state index is 0.0816. The second-order valence-corrected chi connectivity index (χ2v) is 7.15. The zero-order valence-corrected chi connectivity index (χ0v) is 14.3. The van der Waals surface area contributed by atoms with Gasteiger partial charge in [-0.1, -0.05) is 12.1 Å². The van der Waals surface area contributed by atoms with Crippen LogP contribution in [0.3, 0.4) is 0 Å². The van der Waals surface area contributed by atoms with E-state index in [-0.39, 0.29) is 13.1 Å². The SMILES string of the molecule is COc1cccc(NC(=O)CN(Cc2cccnc2)S(C)(=O)=O)c1. The van der Waals surface area contributed by atoms with Crippen LogP contribution in [0, 0.1) is 0 Å². The number of sulfonamides is 1. The molecule has 0 fully saturated rings. The summed E-state index contributed by atoms with van der Waals surface area (Å²) in [5.41, 5.74) is 1.24. The van der Waals surface area contributed by atoms with E-state index in [1.54, 1.807) is 48.8 Å². The third kappa shape index (κ3) is 5.32. The summed E-state index contributed by atoms with van der Waals surface area (Å²) in [6.45, 7) is -0.205. The Morgan fingerprint density at radius 1 is 1.29 bits per heavy atom. The molecule has 1 aromatic heterocycles. The molecule has 0 unspecified atom stereocenters. The minimum Gasteiger partial charge on any atom is -0.497 e. The van der Waals surface area contributed by atoms with Gasteiger partial charge in [-0.25, -0.2) is 8.42 Å². The van der Waals surface area contributed by atoms with Gasteiger partial charge in [0, 0.05) is 30.7 Å². The predicted molar refractivity (Wildman–Crippen MR) is 91.1 cm³/mol. The lowest BCUT2D eigenvalue weighted by Gasteiger charge is -2.19. The molecule has 0 bridgehead atoms. The second kappa shape index (κ2) is 7.89. The lowest BCUT2D eigenvalue weighted by Crippen LogP contribution is -2.36. The van der Waals surface area contributed by atoms with Gasteiger partial charge in [-0.2, -0.15) is 4.31 Å². The Hall–Kier alpha value is -2.45. The Morgan fingerprint density at radius 3 is 2.71 bits per heavy atom. The van der Waals surface area contributed by atoms with Gasteiger partial charge < -0.3 is 10.1 Å². The van der Waals surface area contributed by atoms with Gasteiger partial charge in [0.15, 0.2) is 0 Å². The van der Waals surface area contributed by atoms with Crippen molar-refractivity contribution >= 4 is 21.6 Å². The van der Waals surface area contributed by atoms with Crippen LogP contribution >= 0.6 is 0 Å². The molecule has 0 saturated heterocycles. The maximum atomic E-state index is 12.2. The topological polar surface area (TPSA) is 88.6 Å². The number of nitrogens with zero attached hydrogens (tertiary/aromatic N) is 2. The first kappa shape index (κ1) is 17.9. The van der Waals surface area contributed by atoms with Gasteiger partial charge in [0.2, 0.25) is 15.9 Å². The zero-order valence-electron chi connectivity index (χ0n) is 13.5. The van der Waals surface area contributed by atoms with Crippen LogP contribution in [0.1, 0.15) is 5.56 Å². The van der Waals surface area contributed by atoms with Crippen molar-refractivity contribution in [2.24, 2.45) is 0 Å². The molecule has 24 heavy (non-hydrogen) atoms. The number of anilines is 1. The van der Waals surface area contributed by atoms with Crippen LogP contribution < -0.4 is 10.1 Å². The standard InChI is InChI=1S/C16H19N3O4S/c1-23-15-7-3-6-14(9-15)18-16(20)12-19(24(2,21)22)11-13-5-4-8-17-10-13/h3-10H,11-12H2,1-2H3,(H,18,20). The molecular weight excluding hydrogens is 330 g/mol. The maximum Gasteiger partial charge on any atom is 0.239 e. The number of benzene rings is 1. The molecule has 0 atom stereocenters. The van der Waals surface area contributed by atoms with Crippen LogP contribution in [0.4, 0.5) is 5.69 Å². The fraction of sp³-hybridized carbons (Fsp3) is 0.250. The van der Waals surface area contributed by atoms with Crippen LogP contribution in [0.15, 0.2) is 48.8 Å². The van der Waals surface area contributed by atoms with E-state index in [2.05, 4.69) is 10.3 Å². The highest BCUT2D eigenvalue weighted by Crippen LogP contribution is 2.17. The van der Waals surface area contributed by atoms with E-state index in [1.807, 2.05) is 0 Å². The molecule has 0 radical (unpaired) electrons. The first-order valence-corrected chi connectivity index (χ1v) is 9.01. The van der Waals surface area contributed by atoms with E-state index in [0.29, 0.717) is 17.0 Å². The van der Waals surface area contributed by atoms with Gasteiger partial charge in [0.1, 0.15) is 5.75 Å². The number of rotatable bonds is 7. The largest absolute Gasteiger partial charge is 0.497 e. The van der Waals surface area contributed by atoms with Crippen molar-refractivity contribution in [3.63, 3.8) is 0 Å². The Labute approximate surface area is 141 Å². The zero-order chi connectivity index (χ0) is 17.6. The Morgan fingerprint density at radius 2 is 2.08 bits per heavy atom. The van der Waals surface area contributed by atoms with E-state index in [1.165, 1.54) is 7.11 Å². The smallest absolute Gasteiger partial charge is 0.239 e. The van der Waals surface area contributed by atoms with Crippen LogP contribution in [0.5, 0.6) is 5.75 Å². The lowest BCUT2D eigenvalue weighted by molar-refractivity contribution is -0.116. The second-order valence-electron chi connectivity index (χ2n) is 5.17. The summed E-state index contributed by atoms with van der Waals surface area (Å²) < 4.78 is 30.0. The quantitative estimate of drug-likeness (QED) is 0.818. The van der Waals surface area contributed by atoms with Crippen molar-refractivity contribution in [1.29, 1.82) is 0 Å². The molecule has 8 heteroatoms. The molecule has 0 saturated carbocycles. The first-order valence-electron chi connectivity index (χ1n) is 7.16. The number of pyridine rings is 1. The maximum absolute atomic E-state index is 12.2. The summed E-state index contributed by atoms with van der Waals surface area (Å²) in [6, 6.07) is 10.3. The Balaban J connectivity index is 2.07. The number of amides is 1. The van der Waals surface area contributed by atoms with E-state index in [0.717, 1.165) is 10.6 Å². The fourth-order valence-corrected chi connectivity index (χ4v) is 2.78. The number of aromatic nitrogens is 1. The molecule has 0 spiro atoms. The number of methoxy groups -OCH3 is 1. The molecule has 1 heterocycles. The van der Waals surface area contributed by atoms with E-state index >= 15 is 0 Å². The number of ether oxygens (including phenoxy) is 1. The van der Waals surface area contributed by atoms with Crippen molar-refractivity contribution in [1.82, 2.24) is 9.29 Å². The van der Waals surface area contributed by atoms with Crippen LogP contribution in [-0.2, 0) is 21.4 Å². The van der Waals surface area contributed by atoms with Crippen molar-refractivity contribution in [2.75, 3.05) is 25.2 Å². The van der Waals surface area contributed by atoms with Gasteiger partial charge in [-0.15, -0.1) is 0 Å². The Kier molecular flexibility index (Phi) is 5.88. The molecule has 2 rings (SSSR count). The molecule has 0 aliphatic rings. The fourth-order valence-electron chi connectivity index (χ4n) is 2.05. The van der Waals surface area contributed by atoms with Gasteiger partial charge in [0.25, 0.3) is 0 Å². The first-order chi connectivity index (χ1) is 11.4. The van der Waals surface area contributed by atoms with Crippen molar-refractivity contribution < 1.29 is 17.9 Å². The van der Waals surface area contributed by atoms with Crippen molar-refractivity contribution in [2.45, 2.75) is 6.54 Å². The van der Waals surface area contributed by atoms with Gasteiger partial charge >= 0.3 is 0 Å². The van der Waals surface area contributed by atoms with Gasteiger partial charge in [-0.3, -0.25) is 9.78 Å². The molecule has 7 nitrogen and oxygen atoms in total. The molecular formula is C16H19N3O4S. The van der Waals surface area contributed by atoms with Gasteiger partial charge in [0.05, 0.1) is 19.9 Å². The summed E-state index contributed by atoms with van der Waals surface area (Å²) in [6.07, 6.45) is 4.24. The number of nitrogens with one attached hydrogen (secondary N) is 1. The molecule has 1 amide bonds. The summed E-state index contributed by atoms with van der Waals surface area (Å²) >= 11 is 0. The van der Waals surface area contributed by atoms with Crippen molar-refractivity contribution in [3.8, 4) is 5.75 Å². The number of carbonyl (C=O) groups is 1. The molecule has 1 aromatic carbocycles. The number of hydrogen-bond acceptors (Lipinski definition) is 5. The molecule has 1 N–H and O–H groups in total. The highest BCUT2D eigenvalue weighted by atomic mass is 32.2. The van der Waals surface area contributed by atoms with Crippen LogP contribution in [0.2, 0.25) is 0 Å². The summed E-state index contributed by atoms with van der Waals surface area (Å²) in [5, 5.41) is 2.66. The average Bonchev–Trinajstić information content (AvgIpc) is 2.54. The molecule has 2 aromatic rings. The van der Waals surface area contributed by atoms with Crippen molar-refractivity contribution in [3.05, 3.63) is 54.4 Å².